The molecule has 3 aromatic rings. The van der Waals surface area contributed by atoms with Gasteiger partial charge in [-0.1, -0.05) is 0 Å². The van der Waals surface area contributed by atoms with Crippen LogP contribution in [0.25, 0.3) is 0 Å². The zero-order valence-electron chi connectivity index (χ0n) is 18.7. The quantitative estimate of drug-likeness (QED) is 0.396. The molecule has 0 fully saturated rings. The number of methoxy groups -OCH3 is 2. The Morgan fingerprint density at radius 3 is 1.75 bits per heavy atom. The van der Waals surface area contributed by atoms with Gasteiger partial charge in [0.05, 0.1) is 39.7 Å². The smallest absolute Gasteiger partial charge is 0.223 e. The second-order valence-electron chi connectivity index (χ2n) is 7.04. The van der Waals surface area contributed by atoms with E-state index in [0.717, 1.165) is 28.7 Å². The van der Waals surface area contributed by atoms with Crippen LogP contribution in [0.3, 0.4) is 0 Å². The molecule has 0 radical (unpaired) electrons. The van der Waals surface area contributed by atoms with E-state index in [1.54, 1.807) is 20.4 Å². The van der Waals surface area contributed by atoms with Gasteiger partial charge in [-0.2, -0.15) is 0 Å². The molecule has 170 valence electrons. The van der Waals surface area contributed by atoms with Crippen LogP contribution in [0.2, 0.25) is 0 Å². The van der Waals surface area contributed by atoms with Gasteiger partial charge in [0.15, 0.2) is 5.75 Å². The summed E-state index contributed by atoms with van der Waals surface area (Å²) in [4.78, 5) is 12.3. The van der Waals surface area contributed by atoms with E-state index in [2.05, 4.69) is 0 Å². The lowest BCUT2D eigenvalue weighted by Crippen LogP contribution is -2.18. The lowest BCUT2D eigenvalue weighted by molar-refractivity contribution is 0.242. The number of pyridine rings is 1. The highest BCUT2D eigenvalue weighted by atomic mass is 16.5. The summed E-state index contributed by atoms with van der Waals surface area (Å²) in [5.74, 6) is 3.45. The Labute approximate surface area is 188 Å². The Hall–Kier alpha value is -3.61. The maximum atomic E-state index is 12.3. The van der Waals surface area contributed by atoms with Gasteiger partial charge < -0.3 is 28.3 Å². The highest BCUT2D eigenvalue weighted by molar-refractivity contribution is 5.32. The molecule has 1 heterocycles. The van der Waals surface area contributed by atoms with Gasteiger partial charge in [-0.3, -0.25) is 4.79 Å². The van der Waals surface area contributed by atoms with Crippen LogP contribution in [0.15, 0.2) is 65.6 Å². The SMILES string of the molecule is COc1ccc(OCCCOc2c(C)n(CCOc3ccc(OC)cc3)ccc2=O)cc1. The maximum absolute atomic E-state index is 12.3. The fourth-order valence-corrected chi connectivity index (χ4v) is 3.10. The topological polar surface area (TPSA) is 68.2 Å². The molecule has 7 heteroatoms. The summed E-state index contributed by atoms with van der Waals surface area (Å²) in [5, 5.41) is 0. The van der Waals surface area contributed by atoms with E-state index in [1.807, 2.05) is 60.0 Å². The number of nitrogens with zero attached hydrogens (tertiary/aromatic N) is 1. The van der Waals surface area contributed by atoms with Crippen LogP contribution in [-0.2, 0) is 6.54 Å². The van der Waals surface area contributed by atoms with E-state index in [0.29, 0.717) is 38.5 Å². The van der Waals surface area contributed by atoms with Gasteiger partial charge in [-0.05, 0) is 55.5 Å². The second kappa shape index (κ2) is 11.7. The van der Waals surface area contributed by atoms with Crippen LogP contribution < -0.4 is 29.1 Å². The molecule has 32 heavy (non-hydrogen) atoms. The van der Waals surface area contributed by atoms with Crippen molar-refractivity contribution in [3.05, 3.63) is 76.7 Å². The third kappa shape index (κ3) is 6.44. The van der Waals surface area contributed by atoms with Gasteiger partial charge in [0.2, 0.25) is 5.43 Å². The van der Waals surface area contributed by atoms with Crippen LogP contribution >= 0.6 is 0 Å². The summed E-state index contributed by atoms with van der Waals surface area (Å²) in [6.07, 6.45) is 2.41. The molecule has 3 rings (SSSR count). The van der Waals surface area contributed by atoms with E-state index in [1.165, 1.54) is 6.07 Å². The van der Waals surface area contributed by atoms with Crippen LogP contribution in [0.4, 0.5) is 0 Å². The molecule has 0 aliphatic heterocycles. The van der Waals surface area contributed by atoms with E-state index in [4.69, 9.17) is 23.7 Å². The van der Waals surface area contributed by atoms with Crippen molar-refractivity contribution in [1.29, 1.82) is 0 Å². The van der Waals surface area contributed by atoms with Crippen molar-refractivity contribution in [2.45, 2.75) is 19.9 Å². The Morgan fingerprint density at radius 2 is 1.19 bits per heavy atom. The third-order valence-corrected chi connectivity index (χ3v) is 4.91. The standard InChI is InChI=1S/C25H29NO6/c1-19-25(32-17-4-16-30-22-9-5-20(28-2)6-10-22)24(27)13-14-26(19)15-18-31-23-11-7-21(29-3)8-12-23/h5-14H,4,15-18H2,1-3H3. The summed E-state index contributed by atoms with van der Waals surface area (Å²) in [5.41, 5.74) is 0.637. The van der Waals surface area contributed by atoms with Gasteiger partial charge in [0.1, 0.15) is 29.6 Å². The first-order chi connectivity index (χ1) is 15.6. The van der Waals surface area contributed by atoms with Crippen LogP contribution in [0.1, 0.15) is 12.1 Å². The minimum atomic E-state index is -0.133. The van der Waals surface area contributed by atoms with Gasteiger partial charge >= 0.3 is 0 Å². The van der Waals surface area contributed by atoms with E-state index >= 15 is 0 Å². The van der Waals surface area contributed by atoms with Crippen LogP contribution in [0.5, 0.6) is 28.7 Å². The largest absolute Gasteiger partial charge is 0.497 e. The van der Waals surface area contributed by atoms with Gasteiger partial charge in [-0.15, -0.1) is 0 Å². The molecule has 0 amide bonds. The summed E-state index contributed by atoms with van der Waals surface area (Å²) in [6.45, 7) is 3.80. The van der Waals surface area contributed by atoms with Gasteiger partial charge in [0, 0.05) is 18.7 Å². The van der Waals surface area contributed by atoms with Crippen molar-refractivity contribution < 1.29 is 23.7 Å². The van der Waals surface area contributed by atoms with E-state index < -0.39 is 0 Å². The average molecular weight is 440 g/mol. The molecule has 0 unspecified atom stereocenters. The third-order valence-electron chi connectivity index (χ3n) is 4.91. The number of ether oxygens (including phenoxy) is 5. The first-order valence-corrected chi connectivity index (χ1v) is 10.5. The molecule has 0 N–H and O–H groups in total. The normalized spacial score (nSPS) is 10.5. The summed E-state index contributed by atoms with van der Waals surface area (Å²) in [6, 6.07) is 16.3. The zero-order chi connectivity index (χ0) is 22.8. The Morgan fingerprint density at radius 1 is 0.688 bits per heavy atom. The summed E-state index contributed by atoms with van der Waals surface area (Å²) in [7, 11) is 3.25. The molecule has 0 saturated heterocycles. The summed E-state index contributed by atoms with van der Waals surface area (Å²) < 4.78 is 29.5. The fourth-order valence-electron chi connectivity index (χ4n) is 3.10. The molecular formula is C25H29NO6. The minimum Gasteiger partial charge on any atom is -0.497 e. The fraction of sp³-hybridized carbons (Fsp3) is 0.320. The van der Waals surface area contributed by atoms with Crippen molar-refractivity contribution in [3.63, 3.8) is 0 Å². The molecule has 0 aliphatic carbocycles. The first kappa shape index (κ1) is 23.1. The monoisotopic (exact) mass is 439 g/mol. The molecule has 0 saturated carbocycles. The minimum absolute atomic E-state index is 0.133. The average Bonchev–Trinajstić information content (AvgIpc) is 2.83. The van der Waals surface area contributed by atoms with Crippen LogP contribution in [-0.4, -0.2) is 38.6 Å². The molecule has 2 aromatic carbocycles. The number of aromatic nitrogens is 1. The van der Waals surface area contributed by atoms with E-state index in [9.17, 15) is 4.79 Å². The molecule has 1 aromatic heterocycles. The molecule has 0 aliphatic rings. The Bertz CT molecular complexity index is 1030. The predicted molar refractivity (Wildman–Crippen MR) is 123 cm³/mol. The number of benzene rings is 2. The highest BCUT2D eigenvalue weighted by Crippen LogP contribution is 2.18. The van der Waals surface area contributed by atoms with Crippen LogP contribution in [0, 0.1) is 6.92 Å². The van der Waals surface area contributed by atoms with Crippen molar-refractivity contribution >= 4 is 0 Å². The molecule has 7 nitrogen and oxygen atoms in total. The Balaban J connectivity index is 1.46. The first-order valence-electron chi connectivity index (χ1n) is 10.5. The van der Waals surface area contributed by atoms with Crippen molar-refractivity contribution in [3.8, 4) is 28.7 Å². The second-order valence-corrected chi connectivity index (χ2v) is 7.04. The number of hydrogen-bond donors (Lipinski definition) is 0. The highest BCUT2D eigenvalue weighted by Gasteiger charge is 2.09. The maximum Gasteiger partial charge on any atom is 0.223 e. The van der Waals surface area contributed by atoms with Gasteiger partial charge in [-0.25, -0.2) is 0 Å². The van der Waals surface area contributed by atoms with Gasteiger partial charge in [0.25, 0.3) is 0 Å². The Kier molecular flexibility index (Phi) is 8.43. The lowest BCUT2D eigenvalue weighted by atomic mass is 10.3. The lowest BCUT2D eigenvalue weighted by Gasteiger charge is -2.15. The molecular weight excluding hydrogens is 410 g/mol. The number of hydrogen-bond acceptors (Lipinski definition) is 6. The van der Waals surface area contributed by atoms with E-state index in [-0.39, 0.29) is 5.43 Å². The number of rotatable bonds is 12. The zero-order valence-corrected chi connectivity index (χ0v) is 18.7. The molecule has 0 atom stereocenters. The molecule has 0 bridgehead atoms. The molecule has 0 spiro atoms. The van der Waals surface area contributed by atoms with Crippen molar-refractivity contribution in [1.82, 2.24) is 4.57 Å². The predicted octanol–water partition coefficient (Wildman–Crippen LogP) is 4.10. The summed E-state index contributed by atoms with van der Waals surface area (Å²) >= 11 is 0. The van der Waals surface area contributed by atoms with Crippen molar-refractivity contribution in [2.24, 2.45) is 0 Å². The van der Waals surface area contributed by atoms with Crippen molar-refractivity contribution in [2.75, 3.05) is 34.0 Å².